The second-order valence-electron chi connectivity index (χ2n) is 0.494. The van der Waals surface area contributed by atoms with Gasteiger partial charge in [0.15, 0.2) is 0 Å². The van der Waals surface area contributed by atoms with E-state index in [1.807, 2.05) is 0 Å². The molecule has 0 aliphatic carbocycles. The van der Waals surface area contributed by atoms with E-state index >= 15 is 0 Å². The van der Waals surface area contributed by atoms with Crippen LogP contribution in [0, 0.1) is 5.53 Å². The Bertz CT molecular complexity index is 75.5. The first kappa shape index (κ1) is 5.29. The first-order valence-electron chi connectivity index (χ1n) is 1.07. The van der Waals surface area contributed by atoms with E-state index in [1.54, 1.807) is 0 Å². The van der Waals surface area contributed by atoms with Gasteiger partial charge >= 0.3 is 0 Å². The summed E-state index contributed by atoms with van der Waals surface area (Å²) in [7, 11) is 0. The third-order valence-corrected chi connectivity index (χ3v) is 0.354. The zero-order valence-electron chi connectivity index (χ0n) is 2.75. The summed E-state index contributed by atoms with van der Waals surface area (Å²) in [6.07, 6.45) is 0. The molecule has 0 aromatic carbocycles. The van der Waals surface area contributed by atoms with Gasteiger partial charge in [0.1, 0.15) is 0 Å². The molecule has 0 amide bonds. The van der Waals surface area contributed by atoms with E-state index < -0.39 is 0 Å². The fraction of sp³-hybridized carbons (Fsp3) is 0. The molecule has 0 rings (SSSR count). The van der Waals surface area contributed by atoms with Crippen LogP contribution in [0.15, 0.2) is 10.2 Å². The Morgan fingerprint density at radius 3 is 2.33 bits per heavy atom. The molecule has 31 valence electrons. The molecule has 0 aromatic heterocycles. The van der Waals surface area contributed by atoms with Crippen molar-refractivity contribution in [3.05, 3.63) is 0 Å². The molecule has 0 aromatic rings. The van der Waals surface area contributed by atoms with Gasteiger partial charge in [0.2, 0.25) is 0 Å². The van der Waals surface area contributed by atoms with Crippen LogP contribution in [0.25, 0.3) is 0 Å². The molecule has 0 bridgehead atoms. The molecule has 0 spiro atoms. The number of hydrogen-bond donors (Lipinski definition) is 1. The van der Waals surface area contributed by atoms with Gasteiger partial charge in [0.05, 0.1) is 0 Å². The van der Waals surface area contributed by atoms with Crippen molar-refractivity contribution in [2.24, 2.45) is 10.2 Å². The van der Waals surface area contributed by atoms with Crippen molar-refractivity contribution in [2.45, 2.75) is 0 Å². The molecule has 0 saturated carbocycles. The molecule has 6 heavy (non-hydrogen) atoms. The summed E-state index contributed by atoms with van der Waals surface area (Å²) in [6, 6.07) is 0. The van der Waals surface area contributed by atoms with E-state index in [9.17, 15) is 0 Å². The van der Waals surface area contributed by atoms with Crippen molar-refractivity contribution in [2.75, 3.05) is 0 Å². The maximum Gasteiger partial charge on any atom is 0.260 e. The minimum atomic E-state index is -0.352. The summed E-state index contributed by atoms with van der Waals surface area (Å²) >= 11 is 4.09. The zero-order chi connectivity index (χ0) is 4.99. The molecule has 0 fully saturated rings. The highest BCUT2D eigenvalue weighted by molar-refractivity contribution is 7.80. The summed E-state index contributed by atoms with van der Waals surface area (Å²) < 4.78 is 0. The van der Waals surface area contributed by atoms with Crippen LogP contribution in [0.2, 0.25) is 0 Å². The molecule has 0 atom stereocenters. The molecule has 0 saturated heterocycles. The molecule has 0 aliphatic rings. The quantitative estimate of drug-likeness (QED) is 0.351. The largest absolute Gasteiger partial charge is 0.260 e. The van der Waals surface area contributed by atoms with E-state index in [2.05, 4.69) is 22.4 Å². The van der Waals surface area contributed by atoms with Gasteiger partial charge in [-0.3, -0.25) is 0 Å². The van der Waals surface area contributed by atoms with Crippen molar-refractivity contribution in [3.8, 4) is 0 Å². The maximum atomic E-state index is 7.60. The smallest absolute Gasteiger partial charge is 0.202 e. The van der Waals surface area contributed by atoms with Crippen molar-refractivity contribution >= 4 is 17.3 Å². The van der Waals surface area contributed by atoms with Crippen LogP contribution in [0.5, 0.6) is 0 Å². The number of rotatable bonds is 0. The molecular formula is CHN4S. The highest BCUT2D eigenvalue weighted by Gasteiger charge is 1.78. The minimum Gasteiger partial charge on any atom is -0.202 e. The first-order valence-corrected chi connectivity index (χ1v) is 1.48. The third kappa shape index (κ3) is 1.59. The average Bonchev–Trinajstić information content (AvgIpc) is 1.65. The third-order valence-electron chi connectivity index (χ3n) is 0.181. The monoisotopic (exact) mass is 101 g/mol. The van der Waals surface area contributed by atoms with Crippen molar-refractivity contribution in [1.82, 2.24) is 5.53 Å². The second kappa shape index (κ2) is 2.52. The number of nitrogens with one attached hydrogen (secondary N) is 1. The number of thiocarbonyl (C=S) groups is 1. The minimum absolute atomic E-state index is 0.352. The lowest BCUT2D eigenvalue weighted by Gasteiger charge is -1.67. The van der Waals surface area contributed by atoms with E-state index in [0.717, 1.165) is 0 Å². The van der Waals surface area contributed by atoms with E-state index in [4.69, 9.17) is 11.1 Å². The van der Waals surface area contributed by atoms with Crippen LogP contribution >= 0.6 is 12.2 Å². The first-order chi connectivity index (χ1) is 2.81. The van der Waals surface area contributed by atoms with Crippen molar-refractivity contribution in [1.29, 1.82) is 5.53 Å². The Labute approximate surface area is 39.6 Å². The van der Waals surface area contributed by atoms with Crippen LogP contribution in [0.1, 0.15) is 0 Å². The van der Waals surface area contributed by atoms with Crippen LogP contribution in [0.3, 0.4) is 0 Å². The lowest BCUT2D eigenvalue weighted by Crippen LogP contribution is -1.74. The highest BCUT2D eigenvalue weighted by Crippen LogP contribution is 1.74. The lowest BCUT2D eigenvalue weighted by molar-refractivity contribution is 1.17. The Morgan fingerprint density at radius 2 is 2.33 bits per heavy atom. The fourth-order valence-corrected chi connectivity index (χ4v) is 0.0224. The summed E-state index contributed by atoms with van der Waals surface area (Å²) in [6.45, 7) is 0. The number of hydrogen-bond acceptors (Lipinski definition) is 2. The molecule has 5 heteroatoms. The lowest BCUT2D eigenvalue weighted by atomic mass is 11.2. The average molecular weight is 101 g/mol. The van der Waals surface area contributed by atoms with E-state index in [0.29, 0.717) is 0 Å². The topological polar surface area (TPSA) is 70.9 Å². The molecule has 0 aliphatic heterocycles. The standard InChI is InChI=1S/CHN4S/c2-4-1(6)5-3/h2H. The Kier molecular flexibility index (Phi) is 2.22. The summed E-state index contributed by atoms with van der Waals surface area (Å²) in [4.78, 5) is 0. The van der Waals surface area contributed by atoms with Crippen LogP contribution < -0.4 is 5.53 Å². The van der Waals surface area contributed by atoms with Gasteiger partial charge in [-0.15, -0.1) is 5.11 Å². The van der Waals surface area contributed by atoms with Gasteiger partial charge in [-0.2, -0.15) is 0 Å². The van der Waals surface area contributed by atoms with Crippen LogP contribution in [-0.4, -0.2) is 5.11 Å². The van der Waals surface area contributed by atoms with E-state index in [-0.39, 0.29) is 5.11 Å². The summed E-state index contributed by atoms with van der Waals surface area (Å²) in [5, 5.41) is 4.60. The predicted molar refractivity (Wildman–Crippen MR) is 22.3 cm³/mol. The Balaban J connectivity index is 3.52. The molecular weight excluding hydrogens is 100 g/mol. The zero-order valence-corrected chi connectivity index (χ0v) is 3.57. The predicted octanol–water partition coefficient (Wildman–Crippen LogP) is 0.555. The molecule has 4 nitrogen and oxygen atoms in total. The number of nitrogens with zero attached hydrogens (tertiary/aromatic N) is 3. The molecule has 1 radical (unpaired) electrons. The molecule has 0 heterocycles. The van der Waals surface area contributed by atoms with E-state index in [1.165, 1.54) is 0 Å². The van der Waals surface area contributed by atoms with Gasteiger partial charge in [-0.05, 0) is 17.7 Å². The van der Waals surface area contributed by atoms with Gasteiger partial charge in [0, 0.05) is 0 Å². The molecule has 0 unspecified atom stereocenters. The van der Waals surface area contributed by atoms with Gasteiger partial charge in [0.25, 0.3) is 5.11 Å². The summed E-state index contributed by atoms with van der Waals surface area (Å²) in [5.41, 5.74) is 13.6. The maximum absolute atomic E-state index is 7.60. The molecule has 1 N–H and O–H groups in total. The van der Waals surface area contributed by atoms with Crippen molar-refractivity contribution < 1.29 is 0 Å². The highest BCUT2D eigenvalue weighted by atomic mass is 32.1. The van der Waals surface area contributed by atoms with Gasteiger partial charge in [-0.25, -0.2) is 5.53 Å². The Hall–Kier alpha value is -0.710. The second-order valence-corrected chi connectivity index (χ2v) is 0.860. The Morgan fingerprint density at radius 1 is 1.83 bits per heavy atom. The fourth-order valence-electron chi connectivity index (χ4n) is 0.0224. The van der Waals surface area contributed by atoms with Crippen molar-refractivity contribution in [3.63, 3.8) is 0 Å². The van der Waals surface area contributed by atoms with Gasteiger partial charge < -0.3 is 0 Å². The van der Waals surface area contributed by atoms with Gasteiger partial charge in [-0.1, -0.05) is 5.11 Å². The SMILES string of the molecule is [N]=NC(=S)N=N. The van der Waals surface area contributed by atoms with Crippen LogP contribution in [0.4, 0.5) is 0 Å². The summed E-state index contributed by atoms with van der Waals surface area (Å²) in [5.74, 6) is 0. The van der Waals surface area contributed by atoms with Crippen LogP contribution in [-0.2, 0) is 0 Å². The normalized spacial score (nSPS) is 6.67.